The summed E-state index contributed by atoms with van der Waals surface area (Å²) in [6.45, 7) is 8.31. The number of para-hydroxylation sites is 1. The predicted octanol–water partition coefficient (Wildman–Crippen LogP) is 0.900. The van der Waals surface area contributed by atoms with Crippen molar-refractivity contribution in [3.63, 3.8) is 0 Å². The molecule has 0 fully saturated rings. The summed E-state index contributed by atoms with van der Waals surface area (Å²) in [6.07, 6.45) is 0.223. The third-order valence-corrected chi connectivity index (χ3v) is 7.12. The van der Waals surface area contributed by atoms with Crippen LogP contribution in [-0.4, -0.2) is 138 Å². The van der Waals surface area contributed by atoms with Gasteiger partial charge in [0.25, 0.3) is 0 Å². The van der Waals surface area contributed by atoms with Crippen LogP contribution in [0, 0.1) is 5.92 Å². The minimum atomic E-state index is -0.942. The van der Waals surface area contributed by atoms with Crippen LogP contribution in [0.5, 0.6) is 0 Å². The average Bonchev–Trinajstić information content (AvgIpc) is 3.09. The van der Waals surface area contributed by atoms with Crippen molar-refractivity contribution in [2.24, 2.45) is 5.92 Å². The number of rotatable bonds is 31. The number of hydrogen-bond donors (Lipinski definition) is 5. The number of nitrogens with one attached hydrogen (secondary N) is 4. The molecule has 5 N–H and O–H groups in total. The minimum absolute atomic E-state index is 0.0464. The third-order valence-electron chi connectivity index (χ3n) is 6.61. The maximum atomic E-state index is 12.7. The lowest BCUT2D eigenvalue weighted by Crippen LogP contribution is -2.51. The van der Waals surface area contributed by atoms with Crippen molar-refractivity contribution in [2.45, 2.75) is 39.2 Å². The Morgan fingerprint density at radius 1 is 0.680 bits per heavy atom. The van der Waals surface area contributed by atoms with Gasteiger partial charge in [0, 0.05) is 25.1 Å². The third kappa shape index (κ3) is 24.0. The van der Waals surface area contributed by atoms with Crippen molar-refractivity contribution in [3.05, 3.63) is 29.8 Å². The van der Waals surface area contributed by atoms with Gasteiger partial charge in [-0.2, -0.15) is 0 Å². The largest absolute Gasteiger partial charge is 0.481 e. The molecule has 1 atom stereocenters. The van der Waals surface area contributed by atoms with Crippen LogP contribution < -0.4 is 21.3 Å². The van der Waals surface area contributed by atoms with E-state index in [1.54, 1.807) is 38.1 Å². The van der Waals surface area contributed by atoms with Crippen LogP contribution >= 0.6 is 15.9 Å². The number of alkyl halides is 1. The summed E-state index contributed by atoms with van der Waals surface area (Å²) in [6, 6.07) is 6.02. The molecule has 0 bridgehead atoms. The molecule has 16 nitrogen and oxygen atoms in total. The van der Waals surface area contributed by atoms with Crippen LogP contribution in [-0.2, 0) is 58.8 Å². The first kappa shape index (κ1) is 44.8. The van der Waals surface area contributed by atoms with E-state index in [1.165, 1.54) is 0 Å². The molecule has 50 heavy (non-hydrogen) atoms. The molecule has 0 heterocycles. The SMILES string of the molecule is CC(C)C(NC(=O)CCOCCOCCOCCOCCOCCOCCNC(=O)CBr)C(=O)NCC(=O)Nc1ccccc1CCC(=O)O. The van der Waals surface area contributed by atoms with Gasteiger partial charge in [0.1, 0.15) is 6.04 Å². The fourth-order valence-electron chi connectivity index (χ4n) is 4.03. The van der Waals surface area contributed by atoms with E-state index in [-0.39, 0.29) is 62.1 Å². The van der Waals surface area contributed by atoms with Crippen molar-refractivity contribution in [3.8, 4) is 0 Å². The molecule has 0 aliphatic carbocycles. The Balaban J connectivity index is 2.04. The Morgan fingerprint density at radius 3 is 1.72 bits per heavy atom. The van der Waals surface area contributed by atoms with Gasteiger partial charge < -0.3 is 54.8 Å². The smallest absolute Gasteiger partial charge is 0.303 e. The molecule has 17 heteroatoms. The number of carboxylic acid groups (broad SMARTS) is 1. The van der Waals surface area contributed by atoms with Crippen molar-refractivity contribution in [1.29, 1.82) is 0 Å². The molecule has 0 saturated heterocycles. The molecule has 1 rings (SSSR count). The van der Waals surface area contributed by atoms with Crippen LogP contribution in [0.4, 0.5) is 5.69 Å². The van der Waals surface area contributed by atoms with Crippen LogP contribution in [0.3, 0.4) is 0 Å². The van der Waals surface area contributed by atoms with Gasteiger partial charge in [-0.3, -0.25) is 24.0 Å². The second-order valence-electron chi connectivity index (χ2n) is 11.0. The molecule has 1 aromatic carbocycles. The zero-order chi connectivity index (χ0) is 36.8. The van der Waals surface area contributed by atoms with Gasteiger partial charge in [0.15, 0.2) is 0 Å². The highest BCUT2D eigenvalue weighted by Crippen LogP contribution is 2.16. The van der Waals surface area contributed by atoms with E-state index in [0.717, 1.165) is 0 Å². The summed E-state index contributed by atoms with van der Waals surface area (Å²) in [7, 11) is 0. The quantitative estimate of drug-likeness (QED) is 0.0527. The van der Waals surface area contributed by atoms with Gasteiger partial charge in [-0.15, -0.1) is 0 Å². The Hall–Kier alpha value is -3.19. The lowest BCUT2D eigenvalue weighted by molar-refractivity contribution is -0.137. The molecule has 0 radical (unpaired) electrons. The normalized spacial score (nSPS) is 11.6. The summed E-state index contributed by atoms with van der Waals surface area (Å²) in [5, 5.41) is 19.8. The maximum Gasteiger partial charge on any atom is 0.303 e. The number of ether oxygens (including phenoxy) is 6. The van der Waals surface area contributed by atoms with Gasteiger partial charge >= 0.3 is 5.97 Å². The van der Waals surface area contributed by atoms with Crippen LogP contribution in [0.25, 0.3) is 0 Å². The fourth-order valence-corrected chi connectivity index (χ4v) is 4.23. The van der Waals surface area contributed by atoms with E-state index >= 15 is 0 Å². The summed E-state index contributed by atoms with van der Waals surface area (Å²) in [5.41, 5.74) is 1.15. The van der Waals surface area contributed by atoms with Gasteiger partial charge in [0.05, 0.1) is 91.2 Å². The number of hydrogen-bond acceptors (Lipinski definition) is 11. The molecule has 284 valence electrons. The van der Waals surface area contributed by atoms with E-state index in [2.05, 4.69) is 37.2 Å². The van der Waals surface area contributed by atoms with Gasteiger partial charge in [0.2, 0.25) is 23.6 Å². The summed E-state index contributed by atoms with van der Waals surface area (Å²) in [4.78, 5) is 59.6. The first-order chi connectivity index (χ1) is 24.1. The molecule has 1 aromatic rings. The Kier molecular flexibility index (Phi) is 26.5. The van der Waals surface area contributed by atoms with E-state index in [0.29, 0.717) is 83.9 Å². The number of carboxylic acids is 1. The Morgan fingerprint density at radius 2 is 1.20 bits per heavy atom. The first-order valence-electron chi connectivity index (χ1n) is 16.6. The molecule has 0 spiro atoms. The number of aryl methyl sites for hydroxylation is 1. The second-order valence-corrected chi connectivity index (χ2v) is 11.6. The highest BCUT2D eigenvalue weighted by atomic mass is 79.9. The monoisotopic (exact) mass is 776 g/mol. The zero-order valence-electron chi connectivity index (χ0n) is 29.0. The molecule has 4 amide bonds. The lowest BCUT2D eigenvalue weighted by atomic mass is 10.0. The first-order valence-corrected chi connectivity index (χ1v) is 17.7. The van der Waals surface area contributed by atoms with Gasteiger partial charge in [-0.1, -0.05) is 48.0 Å². The van der Waals surface area contributed by atoms with Gasteiger partial charge in [-0.25, -0.2) is 0 Å². The summed E-state index contributed by atoms with van der Waals surface area (Å²) >= 11 is 3.07. The number of carbonyl (C=O) groups excluding carboxylic acids is 4. The Bertz CT molecular complexity index is 1130. The highest BCUT2D eigenvalue weighted by Gasteiger charge is 2.24. The standard InChI is InChI=1S/C33H53BrN4O12/c1-25(2)32(33(44)36-24-30(41)37-27-6-4-3-5-26(27)7-8-31(42)43)38-28(39)9-11-45-13-15-47-17-19-49-21-22-50-20-18-48-16-14-46-12-10-35-29(40)23-34/h3-6,25,32H,7-24H2,1-2H3,(H,35,40)(H,36,44)(H,37,41)(H,38,39)(H,42,43). The molecule has 1 unspecified atom stereocenters. The number of aliphatic carboxylic acids is 1. The van der Waals surface area contributed by atoms with Crippen LogP contribution in [0.15, 0.2) is 24.3 Å². The van der Waals surface area contributed by atoms with E-state index in [4.69, 9.17) is 33.5 Å². The van der Waals surface area contributed by atoms with Crippen LogP contribution in [0.1, 0.15) is 32.3 Å². The van der Waals surface area contributed by atoms with E-state index < -0.39 is 23.8 Å². The Labute approximate surface area is 302 Å². The molecular formula is C33H53BrN4O12. The maximum absolute atomic E-state index is 12.7. The van der Waals surface area contributed by atoms with Crippen molar-refractivity contribution in [2.75, 3.05) is 103 Å². The molecule has 0 saturated carbocycles. The minimum Gasteiger partial charge on any atom is -0.481 e. The summed E-state index contributed by atoms with van der Waals surface area (Å²) < 4.78 is 32.5. The number of carbonyl (C=O) groups is 5. The highest BCUT2D eigenvalue weighted by molar-refractivity contribution is 9.09. The number of halogens is 1. The van der Waals surface area contributed by atoms with E-state index in [1.807, 2.05) is 0 Å². The zero-order valence-corrected chi connectivity index (χ0v) is 30.6. The topological polar surface area (TPSA) is 209 Å². The van der Waals surface area contributed by atoms with Gasteiger partial charge in [-0.05, 0) is 24.0 Å². The van der Waals surface area contributed by atoms with Crippen molar-refractivity contribution >= 4 is 51.2 Å². The number of amides is 4. The number of anilines is 1. The van der Waals surface area contributed by atoms with E-state index in [9.17, 15) is 24.0 Å². The van der Waals surface area contributed by atoms with Crippen LogP contribution in [0.2, 0.25) is 0 Å². The number of benzene rings is 1. The van der Waals surface area contributed by atoms with Crippen molar-refractivity contribution < 1.29 is 57.5 Å². The average molecular weight is 778 g/mol. The molecular weight excluding hydrogens is 724 g/mol. The summed E-state index contributed by atoms with van der Waals surface area (Å²) in [5.74, 6) is -2.59. The fraction of sp³-hybridized carbons (Fsp3) is 0.667. The predicted molar refractivity (Wildman–Crippen MR) is 187 cm³/mol. The molecule has 0 aliphatic heterocycles. The van der Waals surface area contributed by atoms with Crippen molar-refractivity contribution in [1.82, 2.24) is 16.0 Å². The lowest BCUT2D eigenvalue weighted by Gasteiger charge is -2.21. The second kappa shape index (κ2) is 29.5. The molecule has 0 aliphatic rings. The molecule has 0 aromatic heterocycles.